The van der Waals surface area contributed by atoms with E-state index in [9.17, 15) is 4.39 Å². The first-order chi connectivity index (χ1) is 9.93. The SMILES string of the molecule is Cc1cc(C)c(C(NN)c2ccc(N(C)C)cc2)c(F)c1. The molecule has 3 nitrogen and oxygen atoms in total. The predicted octanol–water partition coefficient (Wildman–Crippen LogP) is 3.06. The van der Waals surface area contributed by atoms with Crippen molar-refractivity contribution >= 4 is 5.69 Å². The molecule has 0 saturated carbocycles. The highest BCUT2D eigenvalue weighted by molar-refractivity contribution is 5.48. The van der Waals surface area contributed by atoms with Crippen molar-refractivity contribution in [1.82, 2.24) is 5.43 Å². The summed E-state index contributed by atoms with van der Waals surface area (Å²) >= 11 is 0. The van der Waals surface area contributed by atoms with Crippen LogP contribution in [0.2, 0.25) is 0 Å². The lowest BCUT2D eigenvalue weighted by Gasteiger charge is -2.21. The van der Waals surface area contributed by atoms with Crippen LogP contribution >= 0.6 is 0 Å². The highest BCUT2D eigenvalue weighted by Gasteiger charge is 2.19. The first kappa shape index (κ1) is 15.5. The number of nitrogens with zero attached hydrogens (tertiary/aromatic N) is 1. The molecule has 0 saturated heterocycles. The summed E-state index contributed by atoms with van der Waals surface area (Å²) in [4.78, 5) is 2.02. The Morgan fingerprint density at radius 1 is 1.10 bits per heavy atom. The number of benzene rings is 2. The van der Waals surface area contributed by atoms with Gasteiger partial charge >= 0.3 is 0 Å². The van der Waals surface area contributed by atoms with Gasteiger partial charge in [0.2, 0.25) is 0 Å². The van der Waals surface area contributed by atoms with E-state index in [1.807, 2.05) is 63.2 Å². The lowest BCUT2D eigenvalue weighted by Crippen LogP contribution is -2.30. The predicted molar refractivity (Wildman–Crippen MR) is 85.8 cm³/mol. The van der Waals surface area contributed by atoms with Crippen LogP contribution in [0.5, 0.6) is 0 Å². The number of aryl methyl sites for hydroxylation is 2. The van der Waals surface area contributed by atoms with Gasteiger partial charge in [0.05, 0.1) is 6.04 Å². The van der Waals surface area contributed by atoms with E-state index in [2.05, 4.69) is 5.43 Å². The number of nitrogens with one attached hydrogen (secondary N) is 1. The Morgan fingerprint density at radius 2 is 1.71 bits per heavy atom. The Morgan fingerprint density at radius 3 is 2.19 bits per heavy atom. The molecule has 2 aromatic rings. The summed E-state index contributed by atoms with van der Waals surface area (Å²) in [6.45, 7) is 3.79. The third-order valence-electron chi connectivity index (χ3n) is 3.68. The van der Waals surface area contributed by atoms with Gasteiger partial charge in [0.25, 0.3) is 0 Å². The Bertz CT molecular complexity index is 597. The quantitative estimate of drug-likeness (QED) is 0.671. The van der Waals surface area contributed by atoms with Crippen LogP contribution in [0.1, 0.15) is 28.3 Å². The molecule has 3 N–H and O–H groups in total. The first-order valence-corrected chi connectivity index (χ1v) is 6.94. The van der Waals surface area contributed by atoms with Gasteiger partial charge in [0.1, 0.15) is 5.82 Å². The molecule has 0 fully saturated rings. The summed E-state index contributed by atoms with van der Waals surface area (Å²) in [5.41, 5.74) is 7.17. The molecule has 1 atom stereocenters. The standard InChI is InChI=1S/C17H22FN3/c1-11-9-12(2)16(15(18)10-11)17(20-19)13-5-7-14(8-6-13)21(3)4/h5-10,17,20H,19H2,1-4H3. The number of rotatable bonds is 4. The molecule has 2 aromatic carbocycles. The lowest BCUT2D eigenvalue weighted by atomic mass is 9.93. The summed E-state index contributed by atoms with van der Waals surface area (Å²) in [5, 5.41) is 0. The minimum Gasteiger partial charge on any atom is -0.378 e. The molecule has 0 aliphatic heterocycles. The maximum atomic E-state index is 14.3. The van der Waals surface area contributed by atoms with Crippen LogP contribution in [0.4, 0.5) is 10.1 Å². The molecule has 0 aliphatic rings. The maximum absolute atomic E-state index is 14.3. The molecule has 0 heterocycles. The number of hydrazine groups is 1. The van der Waals surface area contributed by atoms with Crippen molar-refractivity contribution in [2.75, 3.05) is 19.0 Å². The van der Waals surface area contributed by atoms with Crippen LogP contribution in [0, 0.1) is 19.7 Å². The third-order valence-corrected chi connectivity index (χ3v) is 3.68. The fraction of sp³-hybridized carbons (Fsp3) is 0.294. The van der Waals surface area contributed by atoms with Gasteiger partial charge < -0.3 is 4.90 Å². The molecule has 0 aliphatic carbocycles. The summed E-state index contributed by atoms with van der Waals surface area (Å²) in [6.07, 6.45) is 0. The molecule has 0 spiro atoms. The smallest absolute Gasteiger partial charge is 0.128 e. The van der Waals surface area contributed by atoms with E-state index in [0.717, 1.165) is 22.4 Å². The largest absolute Gasteiger partial charge is 0.378 e. The fourth-order valence-electron chi connectivity index (χ4n) is 2.60. The average Bonchev–Trinajstić information content (AvgIpc) is 2.42. The van der Waals surface area contributed by atoms with Crippen LogP contribution in [0.25, 0.3) is 0 Å². The number of nitrogens with two attached hydrogens (primary N) is 1. The number of halogens is 1. The van der Waals surface area contributed by atoms with Crippen LogP contribution in [0.3, 0.4) is 0 Å². The summed E-state index contributed by atoms with van der Waals surface area (Å²) in [5.74, 6) is 5.45. The van der Waals surface area contributed by atoms with Crippen molar-refractivity contribution in [3.05, 3.63) is 64.5 Å². The summed E-state index contributed by atoms with van der Waals surface area (Å²) in [6, 6.07) is 11.1. The molecule has 0 amide bonds. The second kappa shape index (κ2) is 6.24. The molecular weight excluding hydrogens is 265 g/mol. The fourth-order valence-corrected chi connectivity index (χ4v) is 2.60. The van der Waals surface area contributed by atoms with Crippen molar-refractivity contribution in [2.45, 2.75) is 19.9 Å². The average molecular weight is 287 g/mol. The summed E-state index contributed by atoms with van der Waals surface area (Å²) in [7, 11) is 3.97. The van der Waals surface area contributed by atoms with Crippen molar-refractivity contribution < 1.29 is 4.39 Å². The highest BCUT2D eigenvalue weighted by atomic mass is 19.1. The summed E-state index contributed by atoms with van der Waals surface area (Å²) < 4.78 is 14.3. The maximum Gasteiger partial charge on any atom is 0.128 e. The zero-order chi connectivity index (χ0) is 15.6. The molecule has 21 heavy (non-hydrogen) atoms. The van der Waals surface area contributed by atoms with Crippen LogP contribution in [0.15, 0.2) is 36.4 Å². The van der Waals surface area contributed by atoms with Gasteiger partial charge in [-0.25, -0.2) is 9.82 Å². The second-order valence-corrected chi connectivity index (χ2v) is 5.56. The molecule has 1 unspecified atom stereocenters. The molecule has 0 radical (unpaired) electrons. The number of anilines is 1. The molecule has 0 aromatic heterocycles. The molecule has 4 heteroatoms. The van der Waals surface area contributed by atoms with E-state index in [4.69, 9.17) is 5.84 Å². The molecule has 112 valence electrons. The van der Waals surface area contributed by atoms with Crippen molar-refractivity contribution in [1.29, 1.82) is 0 Å². The Hall–Kier alpha value is -1.91. The monoisotopic (exact) mass is 287 g/mol. The van der Waals surface area contributed by atoms with E-state index in [1.54, 1.807) is 6.07 Å². The van der Waals surface area contributed by atoms with Gasteiger partial charge in [-0.1, -0.05) is 18.2 Å². The van der Waals surface area contributed by atoms with Crippen molar-refractivity contribution in [3.63, 3.8) is 0 Å². The van der Waals surface area contributed by atoms with Gasteiger partial charge in [-0.15, -0.1) is 0 Å². The zero-order valence-electron chi connectivity index (χ0n) is 12.9. The minimum absolute atomic E-state index is 0.230. The first-order valence-electron chi connectivity index (χ1n) is 6.94. The Labute approximate surface area is 125 Å². The Kier molecular flexibility index (Phi) is 4.60. The zero-order valence-corrected chi connectivity index (χ0v) is 12.9. The van der Waals surface area contributed by atoms with Crippen molar-refractivity contribution in [3.8, 4) is 0 Å². The number of hydrogen-bond acceptors (Lipinski definition) is 3. The minimum atomic E-state index is -0.359. The molecule has 0 bridgehead atoms. The van der Waals surface area contributed by atoms with Crippen LogP contribution in [-0.4, -0.2) is 14.1 Å². The van der Waals surface area contributed by atoms with E-state index < -0.39 is 0 Å². The van der Waals surface area contributed by atoms with Gasteiger partial charge in [0, 0.05) is 25.3 Å². The van der Waals surface area contributed by atoms with Crippen molar-refractivity contribution in [2.24, 2.45) is 5.84 Å². The van der Waals surface area contributed by atoms with Crippen LogP contribution in [-0.2, 0) is 0 Å². The van der Waals surface area contributed by atoms with E-state index >= 15 is 0 Å². The van der Waals surface area contributed by atoms with Gasteiger partial charge in [-0.05, 0) is 48.7 Å². The Balaban J connectivity index is 2.45. The molecule has 2 rings (SSSR count). The second-order valence-electron chi connectivity index (χ2n) is 5.56. The van der Waals surface area contributed by atoms with E-state index in [-0.39, 0.29) is 11.9 Å². The molecular formula is C17H22FN3. The lowest BCUT2D eigenvalue weighted by molar-refractivity contribution is 0.556. The van der Waals surface area contributed by atoms with Gasteiger partial charge in [0.15, 0.2) is 0 Å². The topological polar surface area (TPSA) is 41.3 Å². The normalized spacial score (nSPS) is 12.3. The van der Waals surface area contributed by atoms with Gasteiger partial charge in [-0.2, -0.15) is 0 Å². The van der Waals surface area contributed by atoms with E-state index in [1.165, 1.54) is 0 Å². The van der Waals surface area contributed by atoms with E-state index in [0.29, 0.717) is 5.56 Å². The number of hydrogen-bond donors (Lipinski definition) is 2. The van der Waals surface area contributed by atoms with Gasteiger partial charge in [-0.3, -0.25) is 5.84 Å². The third kappa shape index (κ3) is 3.23. The highest BCUT2D eigenvalue weighted by Crippen LogP contribution is 2.28. The van der Waals surface area contributed by atoms with Crippen LogP contribution < -0.4 is 16.2 Å².